The van der Waals surface area contributed by atoms with Gasteiger partial charge in [-0.1, -0.05) is 54.6 Å². The standard InChI is InChI=1S/C26H23F3O4/c1-32-23(31)25(20-7-9-21(10-8-20)26(27,28)29)17-24(25,18-5-3-2-4-6-18)19-11-13-22(14-12-19)33-16-15-30/h2-14,30H,15-17H2,1H3/t24-,25-/m1/s1. The van der Waals surface area contributed by atoms with Crippen molar-refractivity contribution in [3.05, 3.63) is 101 Å². The van der Waals surface area contributed by atoms with Crippen molar-refractivity contribution in [3.63, 3.8) is 0 Å². The molecule has 4 rings (SSSR count). The SMILES string of the molecule is COC(=O)[C@]1(c2ccc(C(F)(F)F)cc2)C[C@@]1(c1ccccc1)c1ccc(OCCO)cc1. The van der Waals surface area contributed by atoms with Gasteiger partial charge < -0.3 is 14.6 Å². The zero-order valence-corrected chi connectivity index (χ0v) is 17.9. The predicted molar refractivity (Wildman–Crippen MR) is 116 cm³/mol. The van der Waals surface area contributed by atoms with Crippen molar-refractivity contribution in [2.24, 2.45) is 0 Å². The molecule has 0 radical (unpaired) electrons. The number of carbonyl (C=O) groups is 1. The molecule has 0 unspecified atom stereocenters. The Hall–Kier alpha value is -3.32. The molecule has 0 bridgehead atoms. The van der Waals surface area contributed by atoms with Gasteiger partial charge in [0.15, 0.2) is 0 Å². The number of ether oxygens (including phenoxy) is 2. The molecule has 0 heterocycles. The molecule has 1 fully saturated rings. The van der Waals surface area contributed by atoms with E-state index in [4.69, 9.17) is 14.6 Å². The number of rotatable bonds is 7. The van der Waals surface area contributed by atoms with E-state index in [1.54, 1.807) is 12.1 Å². The summed E-state index contributed by atoms with van der Waals surface area (Å²) >= 11 is 0. The van der Waals surface area contributed by atoms with E-state index in [1.807, 2.05) is 42.5 Å². The van der Waals surface area contributed by atoms with Crippen LogP contribution < -0.4 is 4.74 Å². The monoisotopic (exact) mass is 456 g/mol. The molecule has 7 heteroatoms. The number of methoxy groups -OCH3 is 1. The summed E-state index contributed by atoms with van der Waals surface area (Å²) in [6.07, 6.45) is -4.12. The van der Waals surface area contributed by atoms with E-state index in [2.05, 4.69) is 0 Å². The highest BCUT2D eigenvalue weighted by molar-refractivity contribution is 5.93. The van der Waals surface area contributed by atoms with Gasteiger partial charge in [-0.05, 0) is 47.4 Å². The van der Waals surface area contributed by atoms with Gasteiger partial charge in [-0.3, -0.25) is 4.79 Å². The Bertz CT molecular complexity index is 1110. The van der Waals surface area contributed by atoms with Crippen molar-refractivity contribution in [3.8, 4) is 5.75 Å². The Kier molecular flexibility index (Phi) is 5.93. The van der Waals surface area contributed by atoms with E-state index in [-0.39, 0.29) is 13.2 Å². The largest absolute Gasteiger partial charge is 0.491 e. The summed E-state index contributed by atoms with van der Waals surface area (Å²) in [4.78, 5) is 13.3. The first kappa shape index (κ1) is 22.9. The van der Waals surface area contributed by atoms with Crippen molar-refractivity contribution in [2.75, 3.05) is 20.3 Å². The van der Waals surface area contributed by atoms with Crippen LogP contribution in [0.25, 0.3) is 0 Å². The fourth-order valence-electron chi connectivity index (χ4n) is 4.77. The molecule has 1 saturated carbocycles. The van der Waals surface area contributed by atoms with Crippen molar-refractivity contribution in [1.82, 2.24) is 0 Å². The smallest absolute Gasteiger partial charge is 0.416 e. The number of hydrogen-bond acceptors (Lipinski definition) is 4. The maximum Gasteiger partial charge on any atom is 0.416 e. The molecule has 1 aliphatic rings. The highest BCUT2D eigenvalue weighted by Gasteiger charge is 2.75. The van der Waals surface area contributed by atoms with Gasteiger partial charge >= 0.3 is 12.1 Å². The second-order valence-electron chi connectivity index (χ2n) is 8.02. The predicted octanol–water partition coefficient (Wildman–Crippen LogP) is 4.88. The summed E-state index contributed by atoms with van der Waals surface area (Å²) in [6, 6.07) is 21.3. The molecule has 0 saturated heterocycles. The molecule has 0 spiro atoms. The van der Waals surface area contributed by atoms with Crippen LogP contribution in [0.5, 0.6) is 5.75 Å². The first-order valence-electron chi connectivity index (χ1n) is 10.5. The molecule has 33 heavy (non-hydrogen) atoms. The van der Waals surface area contributed by atoms with Gasteiger partial charge in [-0.2, -0.15) is 13.2 Å². The minimum absolute atomic E-state index is 0.116. The number of benzene rings is 3. The summed E-state index contributed by atoms with van der Waals surface area (Å²) in [5, 5.41) is 8.98. The zero-order chi connectivity index (χ0) is 23.7. The van der Waals surface area contributed by atoms with Crippen LogP contribution in [0.3, 0.4) is 0 Å². The first-order chi connectivity index (χ1) is 15.8. The van der Waals surface area contributed by atoms with Crippen LogP contribution in [0.2, 0.25) is 0 Å². The molecule has 0 aliphatic heterocycles. The molecule has 4 nitrogen and oxygen atoms in total. The van der Waals surface area contributed by atoms with Gasteiger partial charge in [0.2, 0.25) is 0 Å². The van der Waals surface area contributed by atoms with Crippen molar-refractivity contribution in [2.45, 2.75) is 23.4 Å². The number of alkyl halides is 3. The van der Waals surface area contributed by atoms with Crippen LogP contribution in [0.4, 0.5) is 13.2 Å². The number of hydrogen-bond donors (Lipinski definition) is 1. The second kappa shape index (κ2) is 8.56. The molecule has 172 valence electrons. The number of halogens is 3. The number of esters is 1. The van der Waals surface area contributed by atoms with Gasteiger partial charge in [0, 0.05) is 5.41 Å². The molecular weight excluding hydrogens is 433 g/mol. The first-order valence-corrected chi connectivity index (χ1v) is 10.5. The highest BCUT2D eigenvalue weighted by Crippen LogP contribution is 2.69. The zero-order valence-electron chi connectivity index (χ0n) is 17.9. The topological polar surface area (TPSA) is 55.8 Å². The lowest BCUT2D eigenvalue weighted by molar-refractivity contribution is -0.144. The van der Waals surface area contributed by atoms with Crippen LogP contribution in [-0.4, -0.2) is 31.4 Å². The van der Waals surface area contributed by atoms with Crippen LogP contribution in [0.1, 0.15) is 28.7 Å². The fourth-order valence-corrected chi connectivity index (χ4v) is 4.77. The third kappa shape index (κ3) is 3.76. The summed E-state index contributed by atoms with van der Waals surface area (Å²) in [5.41, 5.74) is -0.638. The Morgan fingerprint density at radius 2 is 1.48 bits per heavy atom. The lowest BCUT2D eigenvalue weighted by Crippen LogP contribution is -2.33. The van der Waals surface area contributed by atoms with Crippen LogP contribution in [-0.2, 0) is 26.5 Å². The van der Waals surface area contributed by atoms with E-state index < -0.39 is 28.5 Å². The average molecular weight is 456 g/mol. The molecule has 0 amide bonds. The third-order valence-corrected chi connectivity index (χ3v) is 6.35. The molecular formula is C26H23F3O4. The van der Waals surface area contributed by atoms with Crippen molar-refractivity contribution >= 4 is 5.97 Å². The quantitative estimate of drug-likeness (QED) is 0.515. The van der Waals surface area contributed by atoms with E-state index in [0.29, 0.717) is 17.7 Å². The summed E-state index contributed by atoms with van der Waals surface area (Å²) in [5.74, 6) is 0.0570. The van der Waals surface area contributed by atoms with Gasteiger partial charge in [-0.15, -0.1) is 0 Å². The van der Waals surface area contributed by atoms with E-state index in [1.165, 1.54) is 19.2 Å². The lowest BCUT2D eigenvalue weighted by atomic mass is 9.77. The minimum Gasteiger partial charge on any atom is -0.491 e. The third-order valence-electron chi connectivity index (χ3n) is 6.35. The average Bonchev–Trinajstić information content (AvgIpc) is 3.55. The summed E-state index contributed by atoms with van der Waals surface area (Å²) in [6.45, 7) is 0.0376. The normalized spacial score (nSPS) is 22.0. The Balaban J connectivity index is 1.86. The van der Waals surface area contributed by atoms with Crippen LogP contribution in [0, 0.1) is 0 Å². The maximum absolute atomic E-state index is 13.3. The lowest BCUT2D eigenvalue weighted by Gasteiger charge is -2.26. The van der Waals surface area contributed by atoms with Gasteiger partial charge in [0.1, 0.15) is 17.8 Å². The Morgan fingerprint density at radius 3 is 2.03 bits per heavy atom. The summed E-state index contributed by atoms with van der Waals surface area (Å²) < 4.78 is 50.1. The number of carbonyl (C=O) groups excluding carboxylic acids is 1. The molecule has 1 aliphatic carbocycles. The Labute approximate surface area is 189 Å². The fraction of sp³-hybridized carbons (Fsp3) is 0.269. The van der Waals surface area contributed by atoms with Crippen molar-refractivity contribution in [1.29, 1.82) is 0 Å². The summed E-state index contributed by atoms with van der Waals surface area (Å²) in [7, 11) is 1.29. The van der Waals surface area contributed by atoms with Gasteiger partial charge in [-0.25, -0.2) is 0 Å². The van der Waals surface area contributed by atoms with E-state index in [0.717, 1.165) is 23.3 Å². The molecule has 0 aromatic heterocycles. The second-order valence-corrected chi connectivity index (χ2v) is 8.02. The molecule has 1 N–H and O–H groups in total. The maximum atomic E-state index is 13.3. The number of aliphatic hydroxyl groups excluding tert-OH is 1. The van der Waals surface area contributed by atoms with Gasteiger partial charge in [0.05, 0.1) is 19.3 Å². The van der Waals surface area contributed by atoms with E-state index in [9.17, 15) is 18.0 Å². The molecule has 3 aromatic rings. The van der Waals surface area contributed by atoms with Crippen molar-refractivity contribution < 1.29 is 32.5 Å². The van der Waals surface area contributed by atoms with Gasteiger partial charge in [0.25, 0.3) is 0 Å². The van der Waals surface area contributed by atoms with Crippen LogP contribution in [0.15, 0.2) is 78.9 Å². The van der Waals surface area contributed by atoms with Crippen LogP contribution >= 0.6 is 0 Å². The minimum atomic E-state index is -4.47. The number of aliphatic hydroxyl groups is 1. The highest BCUT2D eigenvalue weighted by atomic mass is 19.4. The molecule has 3 aromatic carbocycles. The Morgan fingerprint density at radius 1 is 0.909 bits per heavy atom. The van der Waals surface area contributed by atoms with E-state index >= 15 is 0 Å². The molecule has 2 atom stereocenters.